The van der Waals surface area contributed by atoms with E-state index in [2.05, 4.69) is 5.32 Å². The minimum absolute atomic E-state index is 0.198. The molecular weight excluding hydrogens is 282 g/mol. The molecule has 118 valence electrons. The van der Waals surface area contributed by atoms with Crippen LogP contribution in [-0.4, -0.2) is 22.7 Å². The van der Waals surface area contributed by atoms with Gasteiger partial charge in [0.2, 0.25) is 0 Å². The number of aliphatic carboxylic acids is 1. The summed E-state index contributed by atoms with van der Waals surface area (Å²) < 4.78 is 5.26. The van der Waals surface area contributed by atoms with Crippen molar-refractivity contribution in [3.8, 4) is 0 Å². The lowest BCUT2D eigenvalue weighted by molar-refractivity contribution is -0.143. The van der Waals surface area contributed by atoms with Crippen LogP contribution < -0.4 is 5.32 Å². The van der Waals surface area contributed by atoms with Gasteiger partial charge in [-0.15, -0.1) is 0 Å². The molecule has 0 unspecified atom stereocenters. The van der Waals surface area contributed by atoms with Crippen molar-refractivity contribution in [1.82, 2.24) is 5.32 Å². The van der Waals surface area contributed by atoms with Crippen molar-refractivity contribution in [3.63, 3.8) is 0 Å². The molecule has 2 bridgehead atoms. The summed E-state index contributed by atoms with van der Waals surface area (Å²) in [5, 5.41) is 12.3. The highest BCUT2D eigenvalue weighted by Gasteiger charge is 2.53. The van der Waals surface area contributed by atoms with Crippen molar-refractivity contribution in [3.05, 3.63) is 35.9 Å². The number of benzene rings is 1. The Bertz CT molecular complexity index is 559. The Kier molecular flexibility index (Phi) is 4.05. The van der Waals surface area contributed by atoms with Gasteiger partial charge >= 0.3 is 12.1 Å². The number of ether oxygens (including phenoxy) is 1. The van der Waals surface area contributed by atoms with E-state index in [-0.39, 0.29) is 6.61 Å². The van der Waals surface area contributed by atoms with Gasteiger partial charge in [-0.2, -0.15) is 0 Å². The molecule has 2 N–H and O–H groups in total. The largest absolute Gasteiger partial charge is 0.481 e. The van der Waals surface area contributed by atoms with Crippen LogP contribution in [0.4, 0.5) is 4.79 Å². The number of carbonyl (C=O) groups is 2. The molecule has 0 spiro atoms. The van der Waals surface area contributed by atoms with E-state index < -0.39 is 23.5 Å². The molecule has 0 radical (unpaired) electrons. The molecule has 1 aromatic carbocycles. The molecule has 3 rings (SSSR count). The molecular formula is C17H21NO4. The highest BCUT2D eigenvalue weighted by Crippen LogP contribution is 2.49. The summed E-state index contributed by atoms with van der Waals surface area (Å²) in [6, 6.07) is 9.45. The van der Waals surface area contributed by atoms with Crippen molar-refractivity contribution in [2.45, 2.75) is 44.2 Å². The maximum Gasteiger partial charge on any atom is 0.407 e. The van der Waals surface area contributed by atoms with Crippen molar-refractivity contribution in [2.24, 2.45) is 11.8 Å². The van der Waals surface area contributed by atoms with Gasteiger partial charge in [0.25, 0.3) is 0 Å². The van der Waals surface area contributed by atoms with Gasteiger partial charge < -0.3 is 15.2 Å². The van der Waals surface area contributed by atoms with Crippen LogP contribution in [0.1, 0.15) is 37.7 Å². The molecule has 5 heteroatoms. The van der Waals surface area contributed by atoms with Gasteiger partial charge in [0.05, 0.1) is 11.5 Å². The van der Waals surface area contributed by atoms with Crippen molar-refractivity contribution in [2.75, 3.05) is 0 Å². The molecule has 0 aromatic heterocycles. The number of nitrogens with one attached hydrogen (secondary N) is 1. The smallest absolute Gasteiger partial charge is 0.407 e. The zero-order chi connectivity index (χ0) is 15.6. The Morgan fingerprint density at radius 1 is 1.32 bits per heavy atom. The van der Waals surface area contributed by atoms with Crippen molar-refractivity contribution >= 4 is 12.1 Å². The Labute approximate surface area is 129 Å². The zero-order valence-electron chi connectivity index (χ0n) is 12.5. The van der Waals surface area contributed by atoms with E-state index >= 15 is 0 Å². The molecule has 2 aliphatic rings. The maximum atomic E-state index is 12.1. The number of amides is 1. The number of carbonyl (C=O) groups excluding carboxylic acids is 1. The van der Waals surface area contributed by atoms with Gasteiger partial charge in [-0.1, -0.05) is 43.2 Å². The molecule has 5 nitrogen and oxygen atoms in total. The predicted octanol–water partition coefficient (Wildman–Crippen LogP) is 2.95. The first-order valence-corrected chi connectivity index (χ1v) is 7.81. The first kappa shape index (κ1) is 14.9. The summed E-state index contributed by atoms with van der Waals surface area (Å²) in [6.45, 7) is 0.198. The molecule has 1 amide bonds. The average molecular weight is 303 g/mol. The monoisotopic (exact) mass is 303 g/mol. The van der Waals surface area contributed by atoms with Crippen LogP contribution in [0.15, 0.2) is 30.3 Å². The maximum absolute atomic E-state index is 12.1. The zero-order valence-corrected chi connectivity index (χ0v) is 12.5. The van der Waals surface area contributed by atoms with E-state index in [1.165, 1.54) is 0 Å². The topological polar surface area (TPSA) is 75.6 Å². The molecule has 0 heterocycles. The first-order valence-electron chi connectivity index (χ1n) is 7.81. The van der Waals surface area contributed by atoms with Gasteiger partial charge in [-0.05, 0) is 30.7 Å². The van der Waals surface area contributed by atoms with E-state index in [1.54, 1.807) is 0 Å². The second kappa shape index (κ2) is 5.99. The van der Waals surface area contributed by atoms with E-state index in [0.717, 1.165) is 31.2 Å². The van der Waals surface area contributed by atoms with Gasteiger partial charge in [0.1, 0.15) is 6.61 Å². The summed E-state index contributed by atoms with van der Waals surface area (Å²) in [7, 11) is 0. The van der Waals surface area contributed by atoms with E-state index in [0.29, 0.717) is 12.3 Å². The molecule has 0 saturated heterocycles. The van der Waals surface area contributed by atoms with Gasteiger partial charge in [-0.25, -0.2) is 4.79 Å². The average Bonchev–Trinajstić information content (AvgIpc) is 2.76. The van der Waals surface area contributed by atoms with Crippen LogP contribution in [-0.2, 0) is 16.1 Å². The lowest BCUT2D eigenvalue weighted by Gasteiger charge is -2.36. The fourth-order valence-corrected chi connectivity index (χ4v) is 4.00. The normalized spacial score (nSPS) is 29.8. The number of carboxylic acids is 1. The van der Waals surface area contributed by atoms with Crippen LogP contribution in [0.2, 0.25) is 0 Å². The highest BCUT2D eigenvalue weighted by atomic mass is 16.5. The molecule has 0 aliphatic heterocycles. The fourth-order valence-electron chi connectivity index (χ4n) is 4.00. The third kappa shape index (κ3) is 2.93. The van der Waals surface area contributed by atoms with Crippen LogP contribution in [0.5, 0.6) is 0 Å². The third-order valence-corrected chi connectivity index (χ3v) is 4.99. The SMILES string of the molecule is O=C(N[C@]12CCC[C@H](C[C@H]1C(=O)O)C2)OCc1ccccc1. The Morgan fingerprint density at radius 2 is 2.09 bits per heavy atom. The minimum atomic E-state index is -0.812. The number of carboxylic acid groups (broad SMARTS) is 1. The van der Waals surface area contributed by atoms with Crippen molar-refractivity contribution in [1.29, 1.82) is 0 Å². The Hall–Kier alpha value is -2.04. The fraction of sp³-hybridized carbons (Fsp3) is 0.529. The van der Waals surface area contributed by atoms with Gasteiger partial charge in [0, 0.05) is 0 Å². The lowest BCUT2D eigenvalue weighted by Crippen LogP contribution is -2.54. The molecule has 2 aliphatic carbocycles. The quantitative estimate of drug-likeness (QED) is 0.896. The van der Waals surface area contributed by atoms with Crippen LogP contribution in [0.3, 0.4) is 0 Å². The summed E-state index contributed by atoms with van der Waals surface area (Å²) in [4.78, 5) is 23.6. The van der Waals surface area contributed by atoms with Crippen LogP contribution >= 0.6 is 0 Å². The Balaban J connectivity index is 1.63. The molecule has 2 saturated carbocycles. The highest BCUT2D eigenvalue weighted by molar-refractivity contribution is 5.75. The number of hydrogen-bond acceptors (Lipinski definition) is 3. The number of hydrogen-bond donors (Lipinski definition) is 2. The predicted molar refractivity (Wildman–Crippen MR) is 80.2 cm³/mol. The molecule has 2 fully saturated rings. The summed E-state index contributed by atoms with van der Waals surface area (Å²) in [6.07, 6.45) is 3.65. The molecule has 1 aromatic rings. The molecule has 3 atom stereocenters. The number of rotatable bonds is 4. The lowest BCUT2D eigenvalue weighted by atomic mass is 9.79. The van der Waals surface area contributed by atoms with Gasteiger partial charge in [0.15, 0.2) is 0 Å². The van der Waals surface area contributed by atoms with Gasteiger partial charge in [-0.3, -0.25) is 4.79 Å². The minimum Gasteiger partial charge on any atom is -0.481 e. The summed E-state index contributed by atoms with van der Waals surface area (Å²) in [5.74, 6) is -0.902. The second-order valence-corrected chi connectivity index (χ2v) is 6.43. The van der Waals surface area contributed by atoms with E-state index in [4.69, 9.17) is 4.74 Å². The number of alkyl carbamates (subject to hydrolysis) is 1. The van der Waals surface area contributed by atoms with Crippen molar-refractivity contribution < 1.29 is 19.4 Å². The summed E-state index contributed by atoms with van der Waals surface area (Å²) >= 11 is 0. The van der Waals surface area contributed by atoms with Crippen LogP contribution in [0, 0.1) is 11.8 Å². The first-order chi connectivity index (χ1) is 10.6. The van der Waals surface area contributed by atoms with E-state index in [9.17, 15) is 14.7 Å². The Morgan fingerprint density at radius 3 is 2.82 bits per heavy atom. The second-order valence-electron chi connectivity index (χ2n) is 6.43. The number of fused-ring (bicyclic) bond motifs is 2. The standard InChI is InChI=1S/C17H21NO4/c19-15(20)14-9-13-7-4-8-17(14,10-13)18-16(21)22-11-12-5-2-1-3-6-12/h1-3,5-6,13-14H,4,7-11H2,(H,18,21)(H,19,20)/t13-,14+,17+/m1/s1. The molecule has 22 heavy (non-hydrogen) atoms. The third-order valence-electron chi connectivity index (χ3n) is 4.99. The van der Waals surface area contributed by atoms with E-state index in [1.807, 2.05) is 30.3 Å². The van der Waals surface area contributed by atoms with Crippen LogP contribution in [0.25, 0.3) is 0 Å². The summed E-state index contributed by atoms with van der Waals surface area (Å²) in [5.41, 5.74) is 0.292.